The molecule has 3 heteroatoms. The van der Waals surface area contributed by atoms with E-state index in [-0.39, 0.29) is 6.04 Å². The van der Waals surface area contributed by atoms with E-state index in [1.54, 1.807) is 13.2 Å². The molecule has 0 bridgehead atoms. The van der Waals surface area contributed by atoms with Gasteiger partial charge in [0, 0.05) is 11.3 Å². The maximum Gasteiger partial charge on any atom is 0.126 e. The second kappa shape index (κ2) is 5.32. The van der Waals surface area contributed by atoms with Crippen molar-refractivity contribution in [3.63, 3.8) is 0 Å². The molecular weight excluding hydrogens is 262 g/mol. The van der Waals surface area contributed by atoms with Crippen molar-refractivity contribution in [2.24, 2.45) is 0 Å². The summed E-state index contributed by atoms with van der Waals surface area (Å²) in [6, 6.07) is 10.2. The number of anilines is 1. The average molecular weight is 283 g/mol. The molecule has 0 aliphatic heterocycles. The largest absolute Gasteiger partial charge is 0.508 e. The van der Waals surface area contributed by atoms with Crippen LogP contribution in [-0.4, -0.2) is 12.2 Å². The number of hydrogen-bond donors (Lipinski definition) is 2. The van der Waals surface area contributed by atoms with Gasteiger partial charge in [0.05, 0.1) is 13.2 Å². The first kappa shape index (κ1) is 13.8. The molecule has 2 N–H and O–H groups in total. The average Bonchev–Trinajstić information content (AvgIpc) is 2.87. The molecule has 2 aromatic carbocycles. The molecule has 3 rings (SSSR count). The van der Waals surface area contributed by atoms with E-state index < -0.39 is 0 Å². The van der Waals surface area contributed by atoms with Gasteiger partial charge in [-0.2, -0.15) is 0 Å². The van der Waals surface area contributed by atoms with Gasteiger partial charge in [0.25, 0.3) is 0 Å². The number of phenolic OH excluding ortho intramolecular Hbond substituents is 1. The van der Waals surface area contributed by atoms with Gasteiger partial charge in [-0.05, 0) is 55.5 Å². The quantitative estimate of drug-likeness (QED) is 0.890. The Morgan fingerprint density at radius 3 is 2.76 bits per heavy atom. The Kier molecular flexibility index (Phi) is 3.50. The zero-order valence-corrected chi connectivity index (χ0v) is 12.7. The van der Waals surface area contributed by atoms with Gasteiger partial charge in [-0.15, -0.1) is 0 Å². The molecule has 1 atom stereocenters. The molecule has 21 heavy (non-hydrogen) atoms. The molecular formula is C18H21NO2. The molecule has 0 radical (unpaired) electrons. The standard InChI is InChI=1S/C18H21NO2/c1-11-7-9-15(12(2)18(11)21-3)19-16-10-8-14-13(16)5-4-6-17(14)20/h4-7,9,16,19-20H,8,10H2,1-3H3. The monoisotopic (exact) mass is 283 g/mol. The highest BCUT2D eigenvalue weighted by Gasteiger charge is 2.25. The van der Waals surface area contributed by atoms with Crippen molar-refractivity contribution in [1.82, 2.24) is 0 Å². The maximum absolute atomic E-state index is 9.94. The van der Waals surface area contributed by atoms with Gasteiger partial charge in [-0.1, -0.05) is 18.2 Å². The van der Waals surface area contributed by atoms with Crippen molar-refractivity contribution >= 4 is 5.69 Å². The lowest BCUT2D eigenvalue weighted by Crippen LogP contribution is -2.09. The van der Waals surface area contributed by atoms with Crippen LogP contribution in [0.15, 0.2) is 30.3 Å². The lowest BCUT2D eigenvalue weighted by molar-refractivity contribution is 0.409. The molecule has 2 aromatic rings. The zero-order valence-electron chi connectivity index (χ0n) is 12.7. The van der Waals surface area contributed by atoms with Gasteiger partial charge >= 0.3 is 0 Å². The van der Waals surface area contributed by atoms with E-state index in [9.17, 15) is 5.11 Å². The summed E-state index contributed by atoms with van der Waals surface area (Å²) in [6.07, 6.45) is 1.92. The first-order valence-electron chi connectivity index (χ1n) is 7.33. The molecule has 0 fully saturated rings. The lowest BCUT2D eigenvalue weighted by Gasteiger charge is -2.20. The van der Waals surface area contributed by atoms with E-state index in [1.807, 2.05) is 6.07 Å². The predicted octanol–water partition coefficient (Wildman–Crippen LogP) is 4.12. The highest BCUT2D eigenvalue weighted by Crippen LogP contribution is 2.39. The Bertz CT molecular complexity index is 679. The van der Waals surface area contributed by atoms with Crippen molar-refractivity contribution in [3.05, 3.63) is 52.6 Å². The summed E-state index contributed by atoms with van der Waals surface area (Å²) in [4.78, 5) is 0. The first-order chi connectivity index (χ1) is 10.1. The molecule has 0 aromatic heterocycles. The second-order valence-electron chi connectivity index (χ2n) is 5.67. The number of hydrogen-bond acceptors (Lipinski definition) is 3. The molecule has 0 heterocycles. The van der Waals surface area contributed by atoms with E-state index in [0.29, 0.717) is 5.75 Å². The third-order valence-corrected chi connectivity index (χ3v) is 4.38. The third kappa shape index (κ3) is 2.33. The fraction of sp³-hybridized carbons (Fsp3) is 0.333. The summed E-state index contributed by atoms with van der Waals surface area (Å²) in [7, 11) is 1.71. The van der Waals surface area contributed by atoms with Gasteiger partial charge in [0.2, 0.25) is 0 Å². The first-order valence-corrected chi connectivity index (χ1v) is 7.33. The van der Waals surface area contributed by atoms with Crippen LogP contribution in [0.25, 0.3) is 0 Å². The summed E-state index contributed by atoms with van der Waals surface area (Å²) < 4.78 is 5.49. The Labute approximate surface area is 125 Å². The van der Waals surface area contributed by atoms with Gasteiger partial charge in [0.15, 0.2) is 0 Å². The van der Waals surface area contributed by atoms with E-state index in [0.717, 1.165) is 41.0 Å². The van der Waals surface area contributed by atoms with Crippen LogP contribution in [0.3, 0.4) is 0 Å². The number of phenols is 1. The third-order valence-electron chi connectivity index (χ3n) is 4.38. The zero-order chi connectivity index (χ0) is 15.0. The smallest absolute Gasteiger partial charge is 0.126 e. The van der Waals surface area contributed by atoms with Crippen molar-refractivity contribution in [1.29, 1.82) is 0 Å². The molecule has 1 aliphatic rings. The van der Waals surface area contributed by atoms with E-state index >= 15 is 0 Å². The highest BCUT2D eigenvalue weighted by molar-refractivity contribution is 5.61. The second-order valence-corrected chi connectivity index (χ2v) is 5.67. The number of ether oxygens (including phenoxy) is 1. The number of rotatable bonds is 3. The minimum absolute atomic E-state index is 0.248. The summed E-state index contributed by atoms with van der Waals surface area (Å²) in [5, 5.41) is 13.5. The van der Waals surface area contributed by atoms with Crippen LogP contribution in [0.1, 0.15) is 34.7 Å². The van der Waals surface area contributed by atoms with Crippen molar-refractivity contribution in [3.8, 4) is 11.5 Å². The molecule has 3 nitrogen and oxygen atoms in total. The van der Waals surface area contributed by atoms with Crippen molar-refractivity contribution in [2.45, 2.75) is 32.7 Å². The number of benzene rings is 2. The molecule has 1 aliphatic carbocycles. The van der Waals surface area contributed by atoms with Gasteiger partial charge < -0.3 is 15.2 Å². The fourth-order valence-electron chi connectivity index (χ4n) is 3.27. The molecule has 0 saturated carbocycles. The number of aryl methyl sites for hydroxylation is 1. The number of methoxy groups -OCH3 is 1. The topological polar surface area (TPSA) is 41.5 Å². The van der Waals surface area contributed by atoms with Crippen LogP contribution in [0.5, 0.6) is 11.5 Å². The summed E-state index contributed by atoms with van der Waals surface area (Å²) in [5.74, 6) is 1.35. The SMILES string of the molecule is COc1c(C)ccc(NC2CCc3c(O)cccc32)c1C. The minimum atomic E-state index is 0.248. The summed E-state index contributed by atoms with van der Waals surface area (Å²) in [6.45, 7) is 4.13. The van der Waals surface area contributed by atoms with E-state index in [2.05, 4.69) is 37.4 Å². The van der Waals surface area contributed by atoms with Crippen molar-refractivity contribution < 1.29 is 9.84 Å². The Hall–Kier alpha value is -2.16. The van der Waals surface area contributed by atoms with E-state index in [4.69, 9.17) is 4.74 Å². The Morgan fingerprint density at radius 1 is 1.19 bits per heavy atom. The molecule has 0 amide bonds. The van der Waals surface area contributed by atoms with Crippen LogP contribution >= 0.6 is 0 Å². The predicted molar refractivity (Wildman–Crippen MR) is 85.3 cm³/mol. The maximum atomic E-state index is 9.94. The van der Waals surface area contributed by atoms with Gasteiger partial charge in [0.1, 0.15) is 11.5 Å². The number of fused-ring (bicyclic) bond motifs is 1. The van der Waals surface area contributed by atoms with Gasteiger partial charge in [-0.3, -0.25) is 0 Å². The van der Waals surface area contributed by atoms with Crippen LogP contribution in [0.4, 0.5) is 5.69 Å². The van der Waals surface area contributed by atoms with E-state index in [1.165, 1.54) is 5.56 Å². The number of nitrogens with one attached hydrogen (secondary N) is 1. The lowest BCUT2D eigenvalue weighted by atomic mass is 10.0. The Morgan fingerprint density at radius 2 is 2.00 bits per heavy atom. The number of aromatic hydroxyl groups is 1. The molecule has 0 spiro atoms. The molecule has 0 saturated heterocycles. The van der Waals surface area contributed by atoms with Gasteiger partial charge in [-0.25, -0.2) is 0 Å². The minimum Gasteiger partial charge on any atom is -0.508 e. The van der Waals surface area contributed by atoms with Crippen molar-refractivity contribution in [2.75, 3.05) is 12.4 Å². The highest BCUT2D eigenvalue weighted by atomic mass is 16.5. The van der Waals surface area contributed by atoms with Crippen LogP contribution in [0, 0.1) is 13.8 Å². The normalized spacial score (nSPS) is 16.6. The summed E-state index contributed by atoms with van der Waals surface area (Å²) in [5.41, 5.74) is 5.65. The fourth-order valence-corrected chi connectivity index (χ4v) is 3.27. The van der Waals surface area contributed by atoms with Crippen LogP contribution in [0.2, 0.25) is 0 Å². The van der Waals surface area contributed by atoms with Crippen LogP contribution < -0.4 is 10.1 Å². The Balaban J connectivity index is 1.92. The molecule has 110 valence electrons. The molecule has 1 unspecified atom stereocenters. The van der Waals surface area contributed by atoms with Crippen LogP contribution in [-0.2, 0) is 6.42 Å². The summed E-state index contributed by atoms with van der Waals surface area (Å²) >= 11 is 0.